The van der Waals surface area contributed by atoms with E-state index in [1.54, 1.807) is 6.20 Å². The van der Waals surface area contributed by atoms with E-state index >= 15 is 0 Å². The van der Waals surface area contributed by atoms with Crippen molar-refractivity contribution in [1.29, 1.82) is 0 Å². The van der Waals surface area contributed by atoms with Crippen molar-refractivity contribution in [2.75, 3.05) is 30.5 Å². The number of carbonyl (C=O) groups is 1. The number of hydrogen-bond acceptors (Lipinski definition) is 5. The molecule has 1 saturated heterocycles. The molecule has 6 nitrogen and oxygen atoms in total. The molecule has 0 spiro atoms. The van der Waals surface area contributed by atoms with Crippen LogP contribution in [0.2, 0.25) is 0 Å². The monoisotopic (exact) mass is 297 g/mol. The summed E-state index contributed by atoms with van der Waals surface area (Å²) in [5.41, 5.74) is 0.909. The standard InChI is InChI=1S/C13H19N3O3S/c1-16(2)12-10(4-3-6-14-12)8-15-13(17)11-5-7-20(18,19)9-11/h3-4,6,11H,5,7-9H2,1-2H3,(H,15,17)/t11-/m0/s1. The Morgan fingerprint density at radius 3 is 2.85 bits per heavy atom. The number of amides is 1. The zero-order valence-electron chi connectivity index (χ0n) is 11.7. The molecule has 0 saturated carbocycles. The van der Waals surface area contributed by atoms with E-state index in [1.165, 1.54) is 0 Å². The van der Waals surface area contributed by atoms with Gasteiger partial charge in [-0.1, -0.05) is 6.07 Å². The minimum absolute atomic E-state index is 0.0353. The number of nitrogens with zero attached hydrogens (tertiary/aromatic N) is 2. The summed E-state index contributed by atoms with van der Waals surface area (Å²) >= 11 is 0. The van der Waals surface area contributed by atoms with Gasteiger partial charge in [0.25, 0.3) is 0 Å². The van der Waals surface area contributed by atoms with E-state index in [-0.39, 0.29) is 17.4 Å². The van der Waals surface area contributed by atoms with Crippen molar-refractivity contribution in [3.05, 3.63) is 23.9 Å². The quantitative estimate of drug-likeness (QED) is 0.859. The second-order valence-electron chi connectivity index (χ2n) is 5.20. The molecule has 1 atom stereocenters. The summed E-state index contributed by atoms with van der Waals surface area (Å²) in [5, 5.41) is 2.80. The van der Waals surface area contributed by atoms with Gasteiger partial charge in [0.05, 0.1) is 17.4 Å². The molecule has 0 unspecified atom stereocenters. The Hall–Kier alpha value is -1.63. The van der Waals surface area contributed by atoms with Crippen LogP contribution in [-0.2, 0) is 21.2 Å². The van der Waals surface area contributed by atoms with Gasteiger partial charge in [-0.2, -0.15) is 0 Å². The molecule has 0 bridgehead atoms. The van der Waals surface area contributed by atoms with Crippen LogP contribution >= 0.6 is 0 Å². The van der Waals surface area contributed by atoms with Crippen LogP contribution in [0.3, 0.4) is 0 Å². The lowest BCUT2D eigenvalue weighted by molar-refractivity contribution is -0.124. The first-order valence-electron chi connectivity index (χ1n) is 6.48. The minimum atomic E-state index is -3.03. The maximum Gasteiger partial charge on any atom is 0.224 e. The van der Waals surface area contributed by atoms with E-state index in [1.807, 2.05) is 31.1 Å². The van der Waals surface area contributed by atoms with E-state index in [9.17, 15) is 13.2 Å². The average Bonchev–Trinajstić information content (AvgIpc) is 2.76. The number of nitrogens with one attached hydrogen (secondary N) is 1. The number of rotatable bonds is 4. The molecule has 0 aromatic carbocycles. The van der Waals surface area contributed by atoms with Gasteiger partial charge in [-0.15, -0.1) is 0 Å². The molecule has 0 aliphatic carbocycles. The Balaban J connectivity index is 1.98. The summed E-state index contributed by atoms with van der Waals surface area (Å²) in [6, 6.07) is 3.71. The SMILES string of the molecule is CN(C)c1ncccc1CNC(=O)[C@H]1CCS(=O)(=O)C1. The predicted octanol–water partition coefficient (Wildman–Crippen LogP) is 0.198. The van der Waals surface area contributed by atoms with Gasteiger partial charge in [0.2, 0.25) is 5.91 Å². The molecule has 0 radical (unpaired) electrons. The molecule has 110 valence electrons. The van der Waals surface area contributed by atoms with E-state index in [0.717, 1.165) is 11.4 Å². The first-order chi connectivity index (χ1) is 9.39. The van der Waals surface area contributed by atoms with Crippen LogP contribution in [0.4, 0.5) is 5.82 Å². The summed E-state index contributed by atoms with van der Waals surface area (Å²) < 4.78 is 22.7. The van der Waals surface area contributed by atoms with Gasteiger partial charge in [-0.25, -0.2) is 13.4 Å². The van der Waals surface area contributed by atoms with Crippen LogP contribution in [0, 0.1) is 5.92 Å². The lowest BCUT2D eigenvalue weighted by Gasteiger charge is -2.16. The molecule has 1 fully saturated rings. The fourth-order valence-electron chi connectivity index (χ4n) is 2.30. The summed E-state index contributed by atoms with van der Waals surface area (Å²) in [5.74, 6) is 0.263. The molecule has 7 heteroatoms. The molecule has 1 aromatic heterocycles. The van der Waals surface area contributed by atoms with Crippen molar-refractivity contribution in [1.82, 2.24) is 10.3 Å². The van der Waals surface area contributed by atoms with Crippen LogP contribution in [-0.4, -0.2) is 44.9 Å². The first-order valence-corrected chi connectivity index (χ1v) is 8.30. The maximum absolute atomic E-state index is 12.0. The second-order valence-corrected chi connectivity index (χ2v) is 7.43. The molecule has 1 aliphatic heterocycles. The maximum atomic E-state index is 12.0. The van der Waals surface area contributed by atoms with Gasteiger partial charge in [-0.3, -0.25) is 4.79 Å². The van der Waals surface area contributed by atoms with Gasteiger partial charge in [0.15, 0.2) is 9.84 Å². The third-order valence-corrected chi connectivity index (χ3v) is 5.12. The van der Waals surface area contributed by atoms with Gasteiger partial charge < -0.3 is 10.2 Å². The van der Waals surface area contributed by atoms with Gasteiger partial charge in [0, 0.05) is 32.4 Å². The summed E-state index contributed by atoms with van der Waals surface area (Å²) in [7, 11) is 0.746. The van der Waals surface area contributed by atoms with Crippen molar-refractivity contribution in [2.24, 2.45) is 5.92 Å². The molecule has 1 aromatic rings. The molecule has 2 heterocycles. The Bertz CT molecular complexity index is 599. The molecular weight excluding hydrogens is 278 g/mol. The smallest absolute Gasteiger partial charge is 0.224 e. The van der Waals surface area contributed by atoms with E-state index in [0.29, 0.717) is 13.0 Å². The largest absolute Gasteiger partial charge is 0.362 e. The average molecular weight is 297 g/mol. The van der Waals surface area contributed by atoms with Crippen LogP contribution in [0.15, 0.2) is 18.3 Å². The normalized spacial score (nSPS) is 20.6. The Labute approximate surface area is 119 Å². The van der Waals surface area contributed by atoms with Crippen molar-refractivity contribution in [2.45, 2.75) is 13.0 Å². The van der Waals surface area contributed by atoms with Crippen molar-refractivity contribution < 1.29 is 13.2 Å². The van der Waals surface area contributed by atoms with Crippen LogP contribution in [0.25, 0.3) is 0 Å². The van der Waals surface area contributed by atoms with Crippen LogP contribution < -0.4 is 10.2 Å². The third kappa shape index (κ3) is 3.47. The van der Waals surface area contributed by atoms with E-state index in [2.05, 4.69) is 10.3 Å². The van der Waals surface area contributed by atoms with Gasteiger partial charge >= 0.3 is 0 Å². The van der Waals surface area contributed by atoms with Crippen LogP contribution in [0.5, 0.6) is 0 Å². The number of aromatic nitrogens is 1. The second kappa shape index (κ2) is 5.78. The summed E-state index contributed by atoms with van der Waals surface area (Å²) in [6.45, 7) is 0.358. The Morgan fingerprint density at radius 1 is 1.50 bits per heavy atom. The van der Waals surface area contributed by atoms with Gasteiger partial charge in [0.1, 0.15) is 5.82 Å². The number of sulfone groups is 1. The lowest BCUT2D eigenvalue weighted by atomic mass is 10.1. The number of hydrogen-bond donors (Lipinski definition) is 1. The van der Waals surface area contributed by atoms with Crippen LogP contribution in [0.1, 0.15) is 12.0 Å². The summed E-state index contributed by atoms with van der Waals surface area (Å²) in [6.07, 6.45) is 2.12. The predicted molar refractivity (Wildman–Crippen MR) is 77.2 cm³/mol. The van der Waals surface area contributed by atoms with Gasteiger partial charge in [-0.05, 0) is 12.5 Å². The highest BCUT2D eigenvalue weighted by Crippen LogP contribution is 2.19. The Morgan fingerprint density at radius 2 is 2.25 bits per heavy atom. The molecule has 1 amide bonds. The molecule has 20 heavy (non-hydrogen) atoms. The lowest BCUT2D eigenvalue weighted by Crippen LogP contribution is -2.31. The number of anilines is 1. The van der Waals surface area contributed by atoms with Crippen molar-refractivity contribution in [3.8, 4) is 0 Å². The van der Waals surface area contributed by atoms with E-state index < -0.39 is 15.8 Å². The van der Waals surface area contributed by atoms with Crippen molar-refractivity contribution >= 4 is 21.6 Å². The highest BCUT2D eigenvalue weighted by atomic mass is 32.2. The highest BCUT2D eigenvalue weighted by Gasteiger charge is 2.32. The molecule has 1 aliphatic rings. The minimum Gasteiger partial charge on any atom is -0.362 e. The summed E-state index contributed by atoms with van der Waals surface area (Å²) in [4.78, 5) is 18.1. The molecule has 1 N–H and O–H groups in total. The number of pyridine rings is 1. The zero-order valence-corrected chi connectivity index (χ0v) is 12.5. The third-order valence-electron chi connectivity index (χ3n) is 3.35. The van der Waals surface area contributed by atoms with Crippen molar-refractivity contribution in [3.63, 3.8) is 0 Å². The Kier molecular flexibility index (Phi) is 4.27. The fourth-order valence-corrected chi connectivity index (χ4v) is 4.04. The first kappa shape index (κ1) is 14.8. The highest BCUT2D eigenvalue weighted by molar-refractivity contribution is 7.91. The fraction of sp³-hybridized carbons (Fsp3) is 0.538. The zero-order chi connectivity index (χ0) is 14.8. The topological polar surface area (TPSA) is 79.4 Å². The van der Waals surface area contributed by atoms with E-state index in [4.69, 9.17) is 0 Å². The number of carbonyl (C=O) groups excluding carboxylic acids is 1. The molecule has 2 rings (SSSR count). The molecular formula is C13H19N3O3S.